The normalized spacial score (nSPS) is 12.7. The standard InChI is InChI=1S/C12H13FN2O4S/c1-2-8(12(16)17)7-15-20(18,19)11-5-3-4-10(13)9(11)6-14/h3-5,8,15H,2,7H2,1H3,(H,16,17). The van der Waals surface area contributed by atoms with Gasteiger partial charge >= 0.3 is 5.97 Å². The fourth-order valence-electron chi connectivity index (χ4n) is 1.53. The first-order valence-corrected chi connectivity index (χ1v) is 7.22. The summed E-state index contributed by atoms with van der Waals surface area (Å²) in [6, 6.07) is 4.71. The highest BCUT2D eigenvalue weighted by atomic mass is 32.2. The first-order valence-electron chi connectivity index (χ1n) is 5.74. The Bertz CT molecular complexity index is 652. The van der Waals surface area contributed by atoms with Crippen LogP contribution < -0.4 is 4.72 Å². The van der Waals surface area contributed by atoms with Gasteiger partial charge in [0.15, 0.2) is 0 Å². The lowest BCUT2D eigenvalue weighted by Crippen LogP contribution is -2.33. The summed E-state index contributed by atoms with van der Waals surface area (Å²) < 4.78 is 39.4. The molecular formula is C12H13FN2O4S. The van der Waals surface area contributed by atoms with Crippen molar-refractivity contribution in [1.29, 1.82) is 5.26 Å². The number of carbonyl (C=O) groups is 1. The maximum absolute atomic E-state index is 13.4. The highest BCUT2D eigenvalue weighted by Crippen LogP contribution is 2.18. The number of hydrogen-bond donors (Lipinski definition) is 2. The Morgan fingerprint density at radius 3 is 2.70 bits per heavy atom. The van der Waals surface area contributed by atoms with E-state index in [2.05, 4.69) is 4.72 Å². The molecule has 0 radical (unpaired) electrons. The van der Waals surface area contributed by atoms with Crippen molar-refractivity contribution in [2.75, 3.05) is 6.54 Å². The van der Waals surface area contributed by atoms with E-state index in [0.717, 1.165) is 12.1 Å². The summed E-state index contributed by atoms with van der Waals surface area (Å²) in [5, 5.41) is 17.6. The lowest BCUT2D eigenvalue weighted by atomic mass is 10.1. The number of nitrogens with zero attached hydrogens (tertiary/aromatic N) is 1. The van der Waals surface area contributed by atoms with Crippen molar-refractivity contribution in [3.63, 3.8) is 0 Å². The summed E-state index contributed by atoms with van der Waals surface area (Å²) in [4.78, 5) is 10.3. The van der Waals surface area contributed by atoms with Gasteiger partial charge in [-0.15, -0.1) is 0 Å². The van der Waals surface area contributed by atoms with Crippen molar-refractivity contribution in [2.24, 2.45) is 5.92 Å². The first kappa shape index (κ1) is 16.1. The van der Waals surface area contributed by atoms with Gasteiger partial charge in [-0.3, -0.25) is 4.79 Å². The highest BCUT2D eigenvalue weighted by molar-refractivity contribution is 7.89. The van der Waals surface area contributed by atoms with Crippen LogP contribution in [0.25, 0.3) is 0 Å². The van der Waals surface area contributed by atoms with Crippen molar-refractivity contribution in [3.05, 3.63) is 29.6 Å². The van der Waals surface area contributed by atoms with Crippen LogP contribution in [0.15, 0.2) is 23.1 Å². The van der Waals surface area contributed by atoms with E-state index < -0.39 is 38.2 Å². The minimum absolute atomic E-state index is 0.242. The van der Waals surface area contributed by atoms with Crippen LogP contribution in [-0.4, -0.2) is 26.0 Å². The number of halogens is 1. The molecule has 0 aromatic heterocycles. The van der Waals surface area contributed by atoms with Crippen LogP contribution in [0.2, 0.25) is 0 Å². The molecule has 0 heterocycles. The molecule has 0 saturated heterocycles. The van der Waals surface area contributed by atoms with Gasteiger partial charge in [0.05, 0.1) is 5.92 Å². The number of sulfonamides is 1. The number of benzene rings is 1. The summed E-state index contributed by atoms with van der Waals surface area (Å²) >= 11 is 0. The maximum Gasteiger partial charge on any atom is 0.307 e. The van der Waals surface area contributed by atoms with E-state index >= 15 is 0 Å². The Morgan fingerprint density at radius 1 is 1.55 bits per heavy atom. The Balaban J connectivity index is 3.05. The van der Waals surface area contributed by atoms with Crippen molar-refractivity contribution in [1.82, 2.24) is 4.72 Å². The third kappa shape index (κ3) is 3.53. The van der Waals surface area contributed by atoms with E-state index in [1.807, 2.05) is 0 Å². The fraction of sp³-hybridized carbons (Fsp3) is 0.333. The Kier molecular flexibility index (Phi) is 5.19. The zero-order valence-corrected chi connectivity index (χ0v) is 11.4. The molecule has 1 rings (SSSR count). The fourth-order valence-corrected chi connectivity index (χ4v) is 2.78. The van der Waals surface area contributed by atoms with Gasteiger partial charge in [-0.2, -0.15) is 5.26 Å². The molecular weight excluding hydrogens is 287 g/mol. The molecule has 0 amide bonds. The number of carboxylic acids is 1. The zero-order valence-electron chi connectivity index (χ0n) is 10.6. The van der Waals surface area contributed by atoms with E-state index in [0.29, 0.717) is 0 Å². The number of nitriles is 1. The van der Waals surface area contributed by atoms with E-state index in [4.69, 9.17) is 10.4 Å². The van der Waals surface area contributed by atoms with Gasteiger partial charge in [0.1, 0.15) is 22.3 Å². The van der Waals surface area contributed by atoms with Crippen LogP contribution in [0.5, 0.6) is 0 Å². The van der Waals surface area contributed by atoms with Gasteiger partial charge in [0.2, 0.25) is 10.0 Å². The third-order valence-electron chi connectivity index (χ3n) is 2.74. The van der Waals surface area contributed by atoms with Crippen LogP contribution in [0.1, 0.15) is 18.9 Å². The lowest BCUT2D eigenvalue weighted by Gasteiger charge is -2.12. The zero-order chi connectivity index (χ0) is 15.3. The smallest absolute Gasteiger partial charge is 0.307 e. The van der Waals surface area contributed by atoms with Crippen LogP contribution >= 0.6 is 0 Å². The van der Waals surface area contributed by atoms with Crippen LogP contribution in [0, 0.1) is 23.1 Å². The molecule has 108 valence electrons. The first-order chi connectivity index (χ1) is 9.33. The maximum atomic E-state index is 13.4. The summed E-state index contributed by atoms with van der Waals surface area (Å²) in [7, 11) is -4.14. The molecule has 0 aliphatic carbocycles. The Hall–Kier alpha value is -1.98. The van der Waals surface area contributed by atoms with Gasteiger partial charge in [-0.05, 0) is 18.6 Å². The quantitative estimate of drug-likeness (QED) is 0.817. The van der Waals surface area contributed by atoms with Crippen molar-refractivity contribution < 1.29 is 22.7 Å². The summed E-state index contributed by atoms with van der Waals surface area (Å²) in [5.41, 5.74) is -0.594. The van der Waals surface area contributed by atoms with Gasteiger partial charge in [0.25, 0.3) is 0 Å². The SMILES string of the molecule is CCC(CNS(=O)(=O)c1cccc(F)c1C#N)C(=O)O. The molecule has 2 N–H and O–H groups in total. The number of nitrogens with one attached hydrogen (secondary N) is 1. The Morgan fingerprint density at radius 2 is 2.20 bits per heavy atom. The second kappa shape index (κ2) is 6.45. The molecule has 6 nitrogen and oxygen atoms in total. The largest absolute Gasteiger partial charge is 0.481 e. The monoisotopic (exact) mass is 300 g/mol. The van der Waals surface area contributed by atoms with Gasteiger partial charge in [-0.25, -0.2) is 17.5 Å². The molecule has 0 aliphatic heterocycles. The van der Waals surface area contributed by atoms with Gasteiger partial charge < -0.3 is 5.11 Å². The Labute approximate surface area is 115 Å². The molecule has 1 unspecified atom stereocenters. The second-order valence-corrected chi connectivity index (χ2v) is 5.76. The summed E-state index contributed by atoms with van der Waals surface area (Å²) in [6.07, 6.45) is 0.242. The van der Waals surface area contributed by atoms with Gasteiger partial charge in [-0.1, -0.05) is 13.0 Å². The minimum atomic E-state index is -4.14. The summed E-state index contributed by atoms with van der Waals surface area (Å²) in [6.45, 7) is 1.28. The molecule has 0 spiro atoms. The molecule has 0 aliphatic rings. The molecule has 0 saturated carbocycles. The van der Waals surface area contributed by atoms with Crippen LogP contribution in [0.3, 0.4) is 0 Å². The van der Waals surface area contributed by atoms with E-state index in [9.17, 15) is 17.6 Å². The highest BCUT2D eigenvalue weighted by Gasteiger charge is 2.23. The average Bonchev–Trinajstić information content (AvgIpc) is 2.38. The van der Waals surface area contributed by atoms with E-state index in [1.165, 1.54) is 12.1 Å². The lowest BCUT2D eigenvalue weighted by molar-refractivity contribution is -0.141. The summed E-state index contributed by atoms with van der Waals surface area (Å²) in [5.74, 6) is -2.96. The number of hydrogen-bond acceptors (Lipinski definition) is 4. The third-order valence-corrected chi connectivity index (χ3v) is 4.20. The molecule has 1 atom stereocenters. The van der Waals surface area contributed by atoms with Gasteiger partial charge in [0, 0.05) is 6.54 Å². The number of aliphatic carboxylic acids is 1. The average molecular weight is 300 g/mol. The van der Waals surface area contributed by atoms with Crippen LogP contribution in [0.4, 0.5) is 4.39 Å². The van der Waals surface area contributed by atoms with Crippen molar-refractivity contribution >= 4 is 16.0 Å². The molecule has 1 aromatic carbocycles. The van der Waals surface area contributed by atoms with Crippen LogP contribution in [-0.2, 0) is 14.8 Å². The minimum Gasteiger partial charge on any atom is -0.481 e. The molecule has 0 bridgehead atoms. The van der Waals surface area contributed by atoms with E-state index in [1.54, 1.807) is 6.92 Å². The predicted molar refractivity (Wildman–Crippen MR) is 67.7 cm³/mol. The van der Waals surface area contributed by atoms with E-state index in [-0.39, 0.29) is 13.0 Å². The number of carboxylic acid groups (broad SMARTS) is 1. The topological polar surface area (TPSA) is 107 Å². The molecule has 20 heavy (non-hydrogen) atoms. The van der Waals surface area contributed by atoms with Crippen molar-refractivity contribution in [2.45, 2.75) is 18.2 Å². The molecule has 0 fully saturated rings. The number of rotatable bonds is 6. The van der Waals surface area contributed by atoms with Crippen molar-refractivity contribution in [3.8, 4) is 6.07 Å². The predicted octanol–water partition coefficient (Wildman–Crippen LogP) is 1.09. The second-order valence-electron chi connectivity index (χ2n) is 4.02. The molecule has 8 heteroatoms. The molecule has 1 aromatic rings.